The van der Waals surface area contributed by atoms with E-state index in [4.69, 9.17) is 28.3 Å². The third-order valence-corrected chi connectivity index (χ3v) is 7.15. The molecule has 0 amide bonds. The van der Waals surface area contributed by atoms with Gasteiger partial charge in [0.05, 0.1) is 10.9 Å². The maximum atomic E-state index is 13.6. The van der Waals surface area contributed by atoms with Crippen LogP contribution in [0.25, 0.3) is 6.08 Å². The first kappa shape index (κ1) is 34.7. The highest BCUT2D eigenvalue weighted by Crippen LogP contribution is 2.33. The number of carboxylic acid groups (broad SMARTS) is 1. The third-order valence-electron chi connectivity index (χ3n) is 6.35. The number of benzene rings is 2. The number of aliphatic carboxylic acids is 1. The minimum Gasteiger partial charge on any atom is -0.481 e. The number of aryl methyl sites for hydroxylation is 2. The van der Waals surface area contributed by atoms with Gasteiger partial charge in [-0.1, -0.05) is 48.7 Å². The number of hydrogen-bond donors (Lipinski definition) is 1. The summed E-state index contributed by atoms with van der Waals surface area (Å²) in [5.74, 6) is -4.67. The molecule has 3 rings (SSSR count). The topological polar surface area (TPSA) is 57.6 Å². The molecule has 39 heavy (non-hydrogen) atoms. The molecular formula is C30H38Cl2F3NO3. The average Bonchev–Trinajstić information content (AvgIpc) is 2.85. The van der Waals surface area contributed by atoms with E-state index in [2.05, 4.69) is 0 Å². The Kier molecular flexibility index (Phi) is 13.7. The van der Waals surface area contributed by atoms with Crippen LogP contribution in [0.3, 0.4) is 0 Å². The van der Waals surface area contributed by atoms with E-state index in [9.17, 15) is 22.8 Å². The molecule has 1 saturated heterocycles. The SMILES string of the molecule is C/C(=C\c1c(C)cc(C(C)(F)F)cc1C)Cc1c(Cl)ccc(C=O)c1Cl.CC.CN1CCC(C(=O)O)C(F)C1. The standard InChI is InChI=1S/C21H20Cl2F2O.C7H12FNO2.C2H6/c1-12(8-18-19(22)6-5-15(11-26)20(18)23)7-17-13(2)9-16(10-14(17)3)21(4,24)25;1-9-3-2-5(7(10)11)6(8)4-9;1-2/h5-7,9-11H,8H2,1-4H3;5-6H,2-4H2,1H3,(H,10,11);1-2H3/b12-7+;;. The maximum absolute atomic E-state index is 13.6. The molecular weight excluding hydrogens is 550 g/mol. The molecule has 0 radical (unpaired) electrons. The van der Waals surface area contributed by atoms with Gasteiger partial charge < -0.3 is 10.0 Å². The van der Waals surface area contributed by atoms with Crippen molar-refractivity contribution >= 4 is 41.5 Å². The summed E-state index contributed by atoms with van der Waals surface area (Å²) in [6.07, 6.45) is 2.32. The van der Waals surface area contributed by atoms with Crippen molar-refractivity contribution in [3.63, 3.8) is 0 Å². The number of carbonyl (C=O) groups excluding carboxylic acids is 1. The van der Waals surface area contributed by atoms with Gasteiger partial charge in [0.2, 0.25) is 0 Å². The summed E-state index contributed by atoms with van der Waals surface area (Å²) in [4.78, 5) is 23.3. The van der Waals surface area contributed by atoms with Crippen LogP contribution in [0.2, 0.25) is 10.0 Å². The molecule has 2 aromatic carbocycles. The van der Waals surface area contributed by atoms with Crippen molar-refractivity contribution in [1.82, 2.24) is 4.90 Å². The smallest absolute Gasteiger partial charge is 0.309 e. The first-order valence-electron chi connectivity index (χ1n) is 12.8. The van der Waals surface area contributed by atoms with Gasteiger partial charge in [-0.2, -0.15) is 0 Å². The molecule has 0 aliphatic carbocycles. The van der Waals surface area contributed by atoms with Crippen molar-refractivity contribution in [1.29, 1.82) is 0 Å². The van der Waals surface area contributed by atoms with E-state index >= 15 is 0 Å². The van der Waals surface area contributed by atoms with Gasteiger partial charge in [-0.25, -0.2) is 13.2 Å². The number of halogens is 5. The molecule has 1 aliphatic rings. The fourth-order valence-corrected chi connectivity index (χ4v) is 4.78. The van der Waals surface area contributed by atoms with Gasteiger partial charge in [-0.15, -0.1) is 0 Å². The van der Waals surface area contributed by atoms with Crippen molar-refractivity contribution in [2.45, 2.75) is 66.5 Å². The Morgan fingerprint density at radius 1 is 1.18 bits per heavy atom. The van der Waals surface area contributed by atoms with Gasteiger partial charge in [0.1, 0.15) is 6.17 Å². The largest absolute Gasteiger partial charge is 0.481 e. The number of carboxylic acids is 1. The zero-order valence-electron chi connectivity index (χ0n) is 23.5. The molecule has 1 aliphatic heterocycles. The van der Waals surface area contributed by atoms with Gasteiger partial charge in [0.25, 0.3) is 5.92 Å². The molecule has 9 heteroatoms. The van der Waals surface area contributed by atoms with Gasteiger partial charge in [0.15, 0.2) is 6.29 Å². The Morgan fingerprint density at radius 3 is 2.21 bits per heavy atom. The second-order valence-electron chi connectivity index (χ2n) is 9.64. The van der Waals surface area contributed by atoms with Gasteiger partial charge >= 0.3 is 5.97 Å². The van der Waals surface area contributed by atoms with Crippen LogP contribution in [-0.4, -0.2) is 48.6 Å². The van der Waals surface area contributed by atoms with Crippen molar-refractivity contribution in [2.75, 3.05) is 20.1 Å². The summed E-state index contributed by atoms with van der Waals surface area (Å²) in [6.45, 7) is 11.4. The number of alkyl halides is 3. The molecule has 0 spiro atoms. The van der Waals surface area contributed by atoms with E-state index in [0.717, 1.165) is 29.2 Å². The lowest BCUT2D eigenvalue weighted by atomic mass is 9.94. The lowest BCUT2D eigenvalue weighted by Gasteiger charge is -2.29. The molecule has 0 bridgehead atoms. The van der Waals surface area contributed by atoms with E-state index in [1.807, 2.05) is 45.6 Å². The predicted molar refractivity (Wildman–Crippen MR) is 154 cm³/mol. The quantitative estimate of drug-likeness (QED) is 0.344. The van der Waals surface area contributed by atoms with Crippen molar-refractivity contribution in [2.24, 2.45) is 5.92 Å². The van der Waals surface area contributed by atoms with E-state index in [1.54, 1.807) is 19.2 Å². The third kappa shape index (κ3) is 9.96. The molecule has 1 heterocycles. The van der Waals surface area contributed by atoms with Gasteiger partial charge in [-0.05, 0) is 93.7 Å². The highest BCUT2D eigenvalue weighted by molar-refractivity contribution is 6.37. The predicted octanol–water partition coefficient (Wildman–Crippen LogP) is 8.57. The van der Waals surface area contributed by atoms with Crippen molar-refractivity contribution in [3.05, 3.63) is 73.3 Å². The van der Waals surface area contributed by atoms with Crippen LogP contribution in [0, 0.1) is 19.8 Å². The summed E-state index contributed by atoms with van der Waals surface area (Å²) in [6, 6.07) is 6.25. The monoisotopic (exact) mass is 587 g/mol. The molecule has 4 nitrogen and oxygen atoms in total. The van der Waals surface area contributed by atoms with Crippen LogP contribution in [0.5, 0.6) is 0 Å². The average molecular weight is 589 g/mol. The summed E-state index contributed by atoms with van der Waals surface area (Å²) in [7, 11) is 1.80. The first-order chi connectivity index (χ1) is 18.1. The number of hydrogen-bond acceptors (Lipinski definition) is 3. The molecule has 2 aromatic rings. The number of likely N-dealkylation sites (tertiary alicyclic amines) is 1. The number of carbonyl (C=O) groups is 2. The van der Waals surface area contributed by atoms with Gasteiger partial charge in [-0.3, -0.25) is 9.59 Å². The number of rotatable bonds is 6. The van der Waals surface area contributed by atoms with Crippen LogP contribution < -0.4 is 0 Å². The van der Waals surface area contributed by atoms with Crippen LogP contribution in [0.1, 0.15) is 72.3 Å². The zero-order chi connectivity index (χ0) is 30.1. The second-order valence-corrected chi connectivity index (χ2v) is 10.4. The number of piperidine rings is 1. The Labute approximate surface area is 239 Å². The summed E-state index contributed by atoms with van der Waals surface area (Å²) < 4.78 is 40.1. The zero-order valence-corrected chi connectivity index (χ0v) is 25.1. The van der Waals surface area contributed by atoms with E-state index in [-0.39, 0.29) is 12.1 Å². The second kappa shape index (κ2) is 15.4. The fourth-order valence-electron chi connectivity index (χ4n) is 4.24. The van der Waals surface area contributed by atoms with Gasteiger partial charge in [0, 0.05) is 29.6 Å². The minimum atomic E-state index is -2.87. The molecule has 2 atom stereocenters. The number of allylic oxidation sites excluding steroid dienone is 1. The molecule has 1 N–H and O–H groups in total. The number of aldehydes is 1. The van der Waals surface area contributed by atoms with Crippen LogP contribution in [0.4, 0.5) is 13.2 Å². The Morgan fingerprint density at radius 2 is 1.74 bits per heavy atom. The minimum absolute atomic E-state index is 0.00655. The summed E-state index contributed by atoms with van der Waals surface area (Å²) in [5, 5.41) is 9.37. The van der Waals surface area contributed by atoms with E-state index in [1.165, 1.54) is 12.1 Å². The normalized spacial score (nSPS) is 17.9. The molecule has 1 fully saturated rings. The molecule has 216 valence electrons. The summed E-state index contributed by atoms with van der Waals surface area (Å²) >= 11 is 12.5. The van der Waals surface area contributed by atoms with Crippen LogP contribution in [0.15, 0.2) is 29.8 Å². The van der Waals surface area contributed by atoms with Crippen LogP contribution in [-0.2, 0) is 17.1 Å². The lowest BCUT2D eigenvalue weighted by Crippen LogP contribution is -2.42. The molecule has 0 saturated carbocycles. The molecule has 2 unspecified atom stereocenters. The summed E-state index contributed by atoms with van der Waals surface area (Å²) in [5.41, 5.74) is 4.49. The Bertz CT molecular complexity index is 1160. The number of nitrogens with zero attached hydrogens (tertiary/aromatic N) is 1. The van der Waals surface area contributed by atoms with Crippen molar-refractivity contribution < 1.29 is 27.9 Å². The highest BCUT2D eigenvalue weighted by atomic mass is 35.5. The van der Waals surface area contributed by atoms with Crippen LogP contribution >= 0.6 is 23.2 Å². The van der Waals surface area contributed by atoms with E-state index < -0.39 is 24.0 Å². The Hall–Kier alpha value is -2.35. The molecule has 0 aromatic heterocycles. The van der Waals surface area contributed by atoms with E-state index in [0.29, 0.717) is 46.8 Å². The lowest BCUT2D eigenvalue weighted by molar-refractivity contribution is -0.146. The highest BCUT2D eigenvalue weighted by Gasteiger charge is 2.32. The van der Waals surface area contributed by atoms with Crippen molar-refractivity contribution in [3.8, 4) is 0 Å². The Balaban J connectivity index is 0.000000487. The fraction of sp³-hybridized carbons (Fsp3) is 0.467. The first-order valence-corrected chi connectivity index (χ1v) is 13.6. The maximum Gasteiger partial charge on any atom is 0.309 e.